The topological polar surface area (TPSA) is 67.8 Å². The van der Waals surface area contributed by atoms with Gasteiger partial charge in [-0.2, -0.15) is 0 Å². The standard InChI is InChI=1S/C24H27O5P.Na/c1-17-5-11-22(12-6-17)28-30(25,26)29-23-13-9-20(10-14-23)7-8-21-15-18(2)24(27-4)19(3)16-21;/h5-6,9-16H,7-8H2,1-4H3,(H,25,26);/q;+1/p-1. The number of phosphoric acid groups is 1. The Morgan fingerprint density at radius 3 is 1.71 bits per heavy atom. The molecule has 0 spiro atoms. The molecule has 0 aromatic heterocycles. The van der Waals surface area contributed by atoms with E-state index in [9.17, 15) is 9.46 Å². The predicted molar refractivity (Wildman–Crippen MR) is 116 cm³/mol. The number of hydrogen-bond acceptors (Lipinski definition) is 5. The van der Waals surface area contributed by atoms with Gasteiger partial charge in [-0.3, -0.25) is 0 Å². The van der Waals surface area contributed by atoms with Crippen molar-refractivity contribution in [1.82, 2.24) is 0 Å². The van der Waals surface area contributed by atoms with Gasteiger partial charge in [0.15, 0.2) is 0 Å². The van der Waals surface area contributed by atoms with Crippen LogP contribution in [0.15, 0.2) is 60.7 Å². The fourth-order valence-corrected chi connectivity index (χ4v) is 4.18. The van der Waals surface area contributed by atoms with Crippen molar-refractivity contribution in [1.29, 1.82) is 0 Å². The molecule has 31 heavy (non-hydrogen) atoms. The number of benzene rings is 3. The molecule has 5 nitrogen and oxygen atoms in total. The second-order valence-corrected chi connectivity index (χ2v) is 8.61. The van der Waals surface area contributed by atoms with Gasteiger partial charge in [0, 0.05) is 0 Å². The minimum Gasteiger partial charge on any atom is -0.736 e. The van der Waals surface area contributed by atoms with Gasteiger partial charge in [-0.25, -0.2) is 4.57 Å². The molecule has 0 N–H and O–H groups in total. The normalized spacial score (nSPS) is 12.4. The molecule has 1 unspecified atom stereocenters. The third-order valence-corrected chi connectivity index (χ3v) is 5.67. The van der Waals surface area contributed by atoms with Crippen molar-refractivity contribution in [2.75, 3.05) is 7.11 Å². The Kier molecular flexibility index (Phi) is 9.23. The molecule has 3 rings (SSSR count). The molecule has 0 radical (unpaired) electrons. The van der Waals surface area contributed by atoms with Crippen LogP contribution >= 0.6 is 7.82 Å². The Labute approximate surface area is 206 Å². The summed E-state index contributed by atoms with van der Waals surface area (Å²) in [5, 5.41) is 0. The summed E-state index contributed by atoms with van der Waals surface area (Å²) in [5.74, 6) is 1.37. The summed E-state index contributed by atoms with van der Waals surface area (Å²) in [4.78, 5) is 12.1. The molecule has 0 amide bonds. The van der Waals surface area contributed by atoms with Crippen molar-refractivity contribution in [3.8, 4) is 17.2 Å². The summed E-state index contributed by atoms with van der Waals surface area (Å²) in [6.07, 6.45) is 1.71. The average molecular weight is 448 g/mol. The van der Waals surface area contributed by atoms with Crippen LogP contribution in [-0.2, 0) is 17.4 Å². The van der Waals surface area contributed by atoms with Crippen LogP contribution in [0, 0.1) is 20.8 Å². The van der Waals surface area contributed by atoms with Crippen LogP contribution in [0.25, 0.3) is 0 Å². The molecule has 7 heteroatoms. The van der Waals surface area contributed by atoms with E-state index in [1.165, 1.54) is 5.56 Å². The summed E-state index contributed by atoms with van der Waals surface area (Å²) in [6.45, 7) is 6.00. The maximum Gasteiger partial charge on any atom is 1.00 e. The van der Waals surface area contributed by atoms with Gasteiger partial charge < -0.3 is 18.7 Å². The summed E-state index contributed by atoms with van der Waals surface area (Å²) in [5.41, 5.74) is 5.59. The van der Waals surface area contributed by atoms with Crippen LogP contribution in [0.3, 0.4) is 0 Å². The monoisotopic (exact) mass is 448 g/mol. The fourth-order valence-electron chi connectivity index (χ4n) is 3.39. The van der Waals surface area contributed by atoms with Gasteiger partial charge in [0.1, 0.15) is 17.2 Å². The molecule has 0 aliphatic carbocycles. The zero-order chi connectivity index (χ0) is 21.7. The molecule has 0 aliphatic heterocycles. The van der Waals surface area contributed by atoms with E-state index in [2.05, 4.69) is 12.1 Å². The van der Waals surface area contributed by atoms with Crippen LogP contribution in [0.5, 0.6) is 17.2 Å². The smallest absolute Gasteiger partial charge is 0.736 e. The molecule has 0 aliphatic rings. The summed E-state index contributed by atoms with van der Waals surface area (Å²) in [7, 11) is -2.82. The quantitative estimate of drug-likeness (QED) is 0.391. The molecule has 0 heterocycles. The number of aryl methyl sites for hydroxylation is 5. The Hall–Kier alpha value is -1.75. The summed E-state index contributed by atoms with van der Waals surface area (Å²) < 4.78 is 27.6. The minimum atomic E-state index is -4.51. The van der Waals surface area contributed by atoms with E-state index < -0.39 is 7.82 Å². The molecule has 3 aromatic rings. The van der Waals surface area contributed by atoms with Gasteiger partial charge >= 0.3 is 37.4 Å². The van der Waals surface area contributed by atoms with Crippen molar-refractivity contribution >= 4 is 7.82 Å². The number of rotatable bonds is 8. The van der Waals surface area contributed by atoms with Gasteiger partial charge in [0.2, 0.25) is 0 Å². The Morgan fingerprint density at radius 2 is 1.23 bits per heavy atom. The van der Waals surface area contributed by atoms with Crippen LogP contribution in [0.2, 0.25) is 0 Å². The first-order chi connectivity index (χ1) is 14.3. The SMILES string of the molecule is COc1c(C)cc(CCc2ccc(OP(=O)([O-])Oc3ccc(C)cc3)cc2)cc1C.[Na+]. The van der Waals surface area contributed by atoms with Gasteiger partial charge in [0.05, 0.1) is 7.11 Å². The van der Waals surface area contributed by atoms with Crippen LogP contribution in [-0.4, -0.2) is 7.11 Å². The summed E-state index contributed by atoms with van der Waals surface area (Å²) in [6, 6.07) is 18.0. The molecule has 158 valence electrons. The van der Waals surface area contributed by atoms with Crippen molar-refractivity contribution in [3.05, 3.63) is 88.5 Å². The van der Waals surface area contributed by atoms with E-state index in [0.29, 0.717) is 0 Å². The Balaban J connectivity index is 0.00000341. The maximum absolute atomic E-state index is 12.1. The van der Waals surface area contributed by atoms with Crippen molar-refractivity contribution in [2.45, 2.75) is 33.6 Å². The molecule has 0 fully saturated rings. The van der Waals surface area contributed by atoms with Crippen molar-refractivity contribution in [3.63, 3.8) is 0 Å². The molecular formula is C24H26NaO5P. The van der Waals surface area contributed by atoms with Gasteiger partial charge in [0.25, 0.3) is 0 Å². The minimum absolute atomic E-state index is 0. The van der Waals surface area contributed by atoms with Gasteiger partial charge in [-0.1, -0.05) is 42.0 Å². The number of ether oxygens (including phenoxy) is 1. The molecule has 1 atom stereocenters. The van der Waals surface area contributed by atoms with Crippen molar-refractivity contribution < 1.29 is 52.8 Å². The van der Waals surface area contributed by atoms with E-state index in [1.54, 1.807) is 43.5 Å². The van der Waals surface area contributed by atoms with Gasteiger partial charge in [-0.05, 0) is 80.1 Å². The maximum atomic E-state index is 12.1. The largest absolute Gasteiger partial charge is 1.00 e. The van der Waals surface area contributed by atoms with Gasteiger partial charge in [-0.15, -0.1) is 0 Å². The number of hydrogen-bond donors (Lipinski definition) is 0. The van der Waals surface area contributed by atoms with Crippen LogP contribution in [0.1, 0.15) is 27.8 Å². The van der Waals surface area contributed by atoms with Crippen LogP contribution < -0.4 is 48.2 Å². The first-order valence-electron chi connectivity index (χ1n) is 9.76. The second kappa shape index (κ2) is 11.2. The molecule has 0 bridgehead atoms. The number of phosphoric ester groups is 1. The Morgan fingerprint density at radius 1 is 0.774 bits per heavy atom. The third kappa shape index (κ3) is 7.41. The first-order valence-corrected chi connectivity index (χ1v) is 11.2. The number of methoxy groups -OCH3 is 1. The average Bonchev–Trinajstić information content (AvgIpc) is 2.68. The Bertz CT molecular complexity index is 1030. The second-order valence-electron chi connectivity index (χ2n) is 7.35. The van der Waals surface area contributed by atoms with E-state index in [1.807, 2.05) is 32.9 Å². The zero-order valence-corrected chi connectivity index (χ0v) is 21.6. The fraction of sp³-hybridized carbons (Fsp3) is 0.250. The third-order valence-electron chi connectivity index (χ3n) is 4.81. The zero-order valence-electron chi connectivity index (χ0n) is 18.7. The summed E-state index contributed by atoms with van der Waals surface area (Å²) >= 11 is 0. The first kappa shape index (κ1) is 25.5. The molecule has 0 saturated heterocycles. The van der Waals surface area contributed by atoms with Crippen LogP contribution in [0.4, 0.5) is 0 Å². The van der Waals surface area contributed by atoms with E-state index >= 15 is 0 Å². The predicted octanol–water partition coefficient (Wildman–Crippen LogP) is 2.34. The molecule has 3 aromatic carbocycles. The van der Waals surface area contributed by atoms with E-state index in [-0.39, 0.29) is 41.1 Å². The molecule has 0 saturated carbocycles. The molecular weight excluding hydrogens is 422 g/mol. The van der Waals surface area contributed by atoms with Crippen molar-refractivity contribution in [2.24, 2.45) is 0 Å². The van der Waals surface area contributed by atoms with E-state index in [4.69, 9.17) is 13.8 Å². The van der Waals surface area contributed by atoms with E-state index in [0.717, 1.165) is 40.8 Å².